The van der Waals surface area contributed by atoms with E-state index < -0.39 is 0 Å². The lowest BCUT2D eigenvalue weighted by atomic mass is 9.87. The minimum Gasteiger partial charge on any atom is -0.396 e. The maximum atomic E-state index is 9.41. The SMILES string of the molecule is C[C@]1(CO)CCC[C@@H]1OCc1ccccc1. The molecule has 0 bridgehead atoms. The summed E-state index contributed by atoms with van der Waals surface area (Å²) in [5, 5.41) is 9.41. The third kappa shape index (κ3) is 2.45. The van der Waals surface area contributed by atoms with Crippen molar-refractivity contribution in [2.75, 3.05) is 6.61 Å². The van der Waals surface area contributed by atoms with Gasteiger partial charge in [-0.3, -0.25) is 0 Å². The maximum absolute atomic E-state index is 9.41. The van der Waals surface area contributed by atoms with Gasteiger partial charge in [0, 0.05) is 5.41 Å². The molecule has 1 aliphatic carbocycles. The quantitative estimate of drug-likeness (QED) is 0.845. The van der Waals surface area contributed by atoms with E-state index in [2.05, 4.69) is 19.1 Å². The van der Waals surface area contributed by atoms with Crippen LogP contribution in [0.15, 0.2) is 30.3 Å². The first-order valence-corrected chi connectivity index (χ1v) is 6.01. The fourth-order valence-electron chi connectivity index (χ4n) is 2.44. The zero-order valence-corrected chi connectivity index (χ0v) is 9.86. The fraction of sp³-hybridized carbons (Fsp3) is 0.571. The predicted octanol–water partition coefficient (Wildman–Crippen LogP) is 2.75. The Morgan fingerprint density at radius 1 is 1.38 bits per heavy atom. The van der Waals surface area contributed by atoms with Gasteiger partial charge in [0.15, 0.2) is 0 Å². The number of ether oxygens (including phenoxy) is 1. The van der Waals surface area contributed by atoms with Crippen molar-refractivity contribution < 1.29 is 9.84 Å². The Labute approximate surface area is 97.3 Å². The molecule has 2 rings (SSSR count). The van der Waals surface area contributed by atoms with E-state index in [0.29, 0.717) is 6.61 Å². The summed E-state index contributed by atoms with van der Waals surface area (Å²) in [6, 6.07) is 10.2. The first-order valence-electron chi connectivity index (χ1n) is 6.01. The van der Waals surface area contributed by atoms with E-state index in [1.54, 1.807) is 0 Å². The molecule has 88 valence electrons. The van der Waals surface area contributed by atoms with Gasteiger partial charge < -0.3 is 9.84 Å². The van der Waals surface area contributed by atoms with Crippen LogP contribution >= 0.6 is 0 Å². The van der Waals surface area contributed by atoms with E-state index >= 15 is 0 Å². The summed E-state index contributed by atoms with van der Waals surface area (Å²) in [6.07, 6.45) is 3.52. The first kappa shape index (κ1) is 11.6. The molecule has 1 aromatic rings. The summed E-state index contributed by atoms with van der Waals surface area (Å²) in [4.78, 5) is 0. The highest BCUT2D eigenvalue weighted by atomic mass is 16.5. The molecule has 1 saturated carbocycles. The zero-order chi connectivity index (χ0) is 11.4. The molecule has 2 nitrogen and oxygen atoms in total. The molecule has 1 fully saturated rings. The lowest BCUT2D eigenvalue weighted by molar-refractivity contribution is -0.0462. The largest absolute Gasteiger partial charge is 0.396 e. The monoisotopic (exact) mass is 220 g/mol. The molecule has 0 aromatic heterocycles. The molecule has 0 saturated heterocycles. The van der Waals surface area contributed by atoms with Crippen LogP contribution in [0.4, 0.5) is 0 Å². The van der Waals surface area contributed by atoms with Gasteiger partial charge in [-0.15, -0.1) is 0 Å². The van der Waals surface area contributed by atoms with Crippen LogP contribution in [0, 0.1) is 5.41 Å². The van der Waals surface area contributed by atoms with Crippen molar-refractivity contribution in [2.24, 2.45) is 5.41 Å². The van der Waals surface area contributed by atoms with Gasteiger partial charge in [-0.05, 0) is 18.4 Å². The summed E-state index contributed by atoms with van der Waals surface area (Å²) >= 11 is 0. The van der Waals surface area contributed by atoms with Crippen molar-refractivity contribution in [3.8, 4) is 0 Å². The Balaban J connectivity index is 1.91. The van der Waals surface area contributed by atoms with Gasteiger partial charge in [-0.2, -0.15) is 0 Å². The van der Waals surface area contributed by atoms with E-state index in [1.807, 2.05) is 18.2 Å². The maximum Gasteiger partial charge on any atom is 0.0720 e. The lowest BCUT2D eigenvalue weighted by Crippen LogP contribution is -2.32. The van der Waals surface area contributed by atoms with E-state index in [1.165, 1.54) is 5.56 Å². The van der Waals surface area contributed by atoms with Crippen LogP contribution in [-0.4, -0.2) is 17.8 Å². The summed E-state index contributed by atoms with van der Waals surface area (Å²) in [5.41, 5.74) is 1.17. The summed E-state index contributed by atoms with van der Waals surface area (Å²) in [7, 11) is 0. The van der Waals surface area contributed by atoms with Crippen LogP contribution in [0.3, 0.4) is 0 Å². The summed E-state index contributed by atoms with van der Waals surface area (Å²) in [5.74, 6) is 0. The Hall–Kier alpha value is -0.860. The number of aliphatic hydroxyl groups excluding tert-OH is 1. The third-order valence-corrected chi connectivity index (χ3v) is 3.65. The fourth-order valence-corrected chi connectivity index (χ4v) is 2.44. The first-order chi connectivity index (χ1) is 7.74. The molecule has 0 radical (unpaired) electrons. The number of benzene rings is 1. The number of rotatable bonds is 4. The molecule has 0 unspecified atom stereocenters. The van der Waals surface area contributed by atoms with Gasteiger partial charge in [0.25, 0.3) is 0 Å². The van der Waals surface area contributed by atoms with Gasteiger partial charge in [0.1, 0.15) is 0 Å². The third-order valence-electron chi connectivity index (χ3n) is 3.65. The standard InChI is InChI=1S/C14H20O2/c1-14(11-15)9-5-8-13(14)16-10-12-6-3-2-4-7-12/h2-4,6-7,13,15H,5,8-11H2,1H3/t13-,14+/m0/s1. The number of aliphatic hydroxyl groups is 1. The zero-order valence-electron chi connectivity index (χ0n) is 9.86. The average molecular weight is 220 g/mol. The van der Waals surface area contributed by atoms with Gasteiger partial charge in [-0.25, -0.2) is 0 Å². The van der Waals surface area contributed by atoms with Crippen molar-refractivity contribution in [3.05, 3.63) is 35.9 Å². The second-order valence-corrected chi connectivity index (χ2v) is 4.99. The van der Waals surface area contributed by atoms with Gasteiger partial charge in [-0.1, -0.05) is 43.7 Å². The average Bonchev–Trinajstić information content (AvgIpc) is 2.70. The molecule has 1 aromatic carbocycles. The molecule has 0 heterocycles. The normalized spacial score (nSPS) is 29.5. The topological polar surface area (TPSA) is 29.5 Å². The molecule has 1 N–H and O–H groups in total. The van der Waals surface area contributed by atoms with Crippen molar-refractivity contribution in [1.82, 2.24) is 0 Å². The summed E-state index contributed by atoms with van der Waals surface area (Å²) < 4.78 is 5.94. The second-order valence-electron chi connectivity index (χ2n) is 4.99. The number of hydrogen-bond acceptors (Lipinski definition) is 2. The van der Waals surface area contributed by atoms with Crippen molar-refractivity contribution >= 4 is 0 Å². The lowest BCUT2D eigenvalue weighted by Gasteiger charge is -2.29. The van der Waals surface area contributed by atoms with Gasteiger partial charge >= 0.3 is 0 Å². The van der Waals surface area contributed by atoms with Crippen molar-refractivity contribution in [2.45, 2.75) is 38.9 Å². The van der Waals surface area contributed by atoms with Crippen LogP contribution in [0.5, 0.6) is 0 Å². The van der Waals surface area contributed by atoms with Crippen LogP contribution in [0.2, 0.25) is 0 Å². The molecule has 16 heavy (non-hydrogen) atoms. The van der Waals surface area contributed by atoms with E-state index in [0.717, 1.165) is 19.3 Å². The second kappa shape index (κ2) is 4.98. The molecular weight excluding hydrogens is 200 g/mol. The molecule has 0 spiro atoms. The van der Waals surface area contributed by atoms with Crippen LogP contribution in [0.25, 0.3) is 0 Å². The van der Waals surface area contributed by atoms with Crippen molar-refractivity contribution in [1.29, 1.82) is 0 Å². The molecule has 0 amide bonds. The smallest absolute Gasteiger partial charge is 0.0720 e. The van der Waals surface area contributed by atoms with Gasteiger partial charge in [0.2, 0.25) is 0 Å². The highest BCUT2D eigenvalue weighted by Crippen LogP contribution is 2.39. The molecule has 2 atom stereocenters. The van der Waals surface area contributed by atoms with E-state index in [4.69, 9.17) is 4.74 Å². The Kier molecular flexibility index (Phi) is 3.62. The Morgan fingerprint density at radius 3 is 2.81 bits per heavy atom. The molecule has 1 aliphatic rings. The van der Waals surface area contributed by atoms with Gasteiger partial charge in [0.05, 0.1) is 19.3 Å². The Bertz CT molecular complexity index is 323. The van der Waals surface area contributed by atoms with E-state index in [9.17, 15) is 5.11 Å². The molecule has 2 heteroatoms. The highest BCUT2D eigenvalue weighted by molar-refractivity contribution is 5.13. The van der Waals surface area contributed by atoms with Crippen LogP contribution < -0.4 is 0 Å². The van der Waals surface area contributed by atoms with Crippen molar-refractivity contribution in [3.63, 3.8) is 0 Å². The predicted molar refractivity (Wildman–Crippen MR) is 64.1 cm³/mol. The van der Waals surface area contributed by atoms with E-state index in [-0.39, 0.29) is 18.1 Å². The number of hydrogen-bond donors (Lipinski definition) is 1. The minimum atomic E-state index is -0.0330. The highest BCUT2D eigenvalue weighted by Gasteiger charge is 2.38. The van der Waals surface area contributed by atoms with Crippen LogP contribution in [-0.2, 0) is 11.3 Å². The minimum absolute atomic E-state index is 0.0330. The van der Waals surface area contributed by atoms with Crippen LogP contribution in [0.1, 0.15) is 31.7 Å². The molecular formula is C14H20O2. The molecule has 0 aliphatic heterocycles. The summed E-state index contributed by atoms with van der Waals surface area (Å²) in [6.45, 7) is 3.00. The Morgan fingerprint density at radius 2 is 2.12 bits per heavy atom.